The summed E-state index contributed by atoms with van der Waals surface area (Å²) >= 11 is 0. The molecule has 0 bridgehead atoms. The van der Waals surface area contributed by atoms with Crippen molar-refractivity contribution in [3.05, 3.63) is 0 Å². The van der Waals surface area contributed by atoms with Crippen LogP contribution in [0.25, 0.3) is 0 Å². The van der Waals surface area contributed by atoms with Crippen molar-refractivity contribution in [2.75, 3.05) is 0 Å². The van der Waals surface area contributed by atoms with E-state index in [9.17, 15) is 0 Å². The number of carbonyl (C=O) groups is 1. The zero-order valence-electron chi connectivity index (χ0n) is 2.56. The molecule has 0 aromatic heterocycles. The van der Waals surface area contributed by atoms with Gasteiger partial charge in [-0.3, -0.25) is 4.79 Å². The van der Waals surface area contributed by atoms with Gasteiger partial charge in [-0.25, -0.2) is 0 Å². The van der Waals surface area contributed by atoms with E-state index in [1.165, 1.54) is 0 Å². The Morgan fingerprint density at radius 3 is 2.00 bits per heavy atom. The van der Waals surface area contributed by atoms with Gasteiger partial charge in [-0.05, 0) is 0 Å². The van der Waals surface area contributed by atoms with E-state index >= 15 is 0 Å². The summed E-state index contributed by atoms with van der Waals surface area (Å²) in [6.07, 6.45) is 0.250. The second-order valence-electron chi connectivity index (χ2n) is 0.136. The first-order chi connectivity index (χ1) is 1.41. The van der Waals surface area contributed by atoms with Crippen LogP contribution in [0.3, 0.4) is 0 Å². The third kappa shape index (κ3) is 11.3. The molecule has 0 aromatic rings. The molecule has 0 unspecified atom stereocenters. The molecule has 0 radical (unpaired) electrons. The van der Waals surface area contributed by atoms with E-state index in [4.69, 9.17) is 4.79 Å². The van der Waals surface area contributed by atoms with Gasteiger partial charge in [0.2, 0.25) is 6.41 Å². The normalized spacial score (nSPS) is 3.00. The van der Waals surface area contributed by atoms with Crippen molar-refractivity contribution in [3.8, 4) is 0 Å². The van der Waals surface area contributed by atoms with Crippen molar-refractivity contribution in [1.82, 2.24) is 0 Å². The summed E-state index contributed by atoms with van der Waals surface area (Å²) in [5, 5.41) is 0. The van der Waals surface area contributed by atoms with Gasteiger partial charge in [0.25, 0.3) is 0 Å². The zero-order chi connectivity index (χ0) is 2.71. The van der Waals surface area contributed by atoms with Gasteiger partial charge < -0.3 is 5.73 Å². The Kier molecular flexibility index (Phi) is 19.9. The maximum absolute atomic E-state index is 8.58. The summed E-state index contributed by atoms with van der Waals surface area (Å²) in [6, 6.07) is 0. The molecule has 0 heterocycles. The summed E-state index contributed by atoms with van der Waals surface area (Å²) in [4.78, 5) is 8.58. The summed E-state index contributed by atoms with van der Waals surface area (Å²) in [7, 11) is 0. The topological polar surface area (TPSA) is 43.1 Å². The Morgan fingerprint density at radius 2 is 2.00 bits per heavy atom. The van der Waals surface area contributed by atoms with E-state index in [1.807, 2.05) is 0 Å². The predicted molar refractivity (Wildman–Crippen MR) is 18.5 cm³/mol. The molecule has 0 spiro atoms. The molecule has 0 aliphatic rings. The van der Waals surface area contributed by atoms with Crippen molar-refractivity contribution < 1.29 is 6.22 Å². The number of primary amides is 1. The van der Waals surface area contributed by atoms with Crippen molar-refractivity contribution in [3.63, 3.8) is 0 Å². The van der Waals surface area contributed by atoms with Gasteiger partial charge in [0.1, 0.15) is 0 Å². The summed E-state index contributed by atoms with van der Waals surface area (Å²) in [6.45, 7) is 0. The molecule has 0 saturated carbocycles. The monoisotopic (exact) mass is 86.0 g/mol. The Balaban J connectivity index is -0.0000000200. The number of nitrogens with two attached hydrogens (primary N) is 1. The van der Waals surface area contributed by atoms with Crippen molar-refractivity contribution >= 4 is 57.8 Å². The number of hydrogen-bond donors (Lipinski definition) is 1. The first kappa shape index (κ1) is 8.92. The van der Waals surface area contributed by atoms with Crippen LogP contribution in [0.15, 0.2) is 0 Å². The van der Waals surface area contributed by atoms with E-state index in [0.29, 0.717) is 0 Å². The first-order valence-corrected chi connectivity index (χ1v) is 0.569. The number of hydrogen-bond acceptors (Lipinski definition) is 1. The molecule has 0 aliphatic heterocycles. The van der Waals surface area contributed by atoms with E-state index in [-0.39, 0.29) is 59.2 Å². The SMILES string of the molecule is NC=O.[H+].[KH]. The fraction of sp³-hybridized carbons (Fsp3) is 0. The van der Waals surface area contributed by atoms with Crippen LogP contribution in [0.2, 0.25) is 0 Å². The number of rotatable bonds is 0. The molecular weight excluding hydrogens is 81.1 g/mol. The van der Waals surface area contributed by atoms with Crippen molar-refractivity contribution in [1.29, 1.82) is 0 Å². The van der Waals surface area contributed by atoms with Crippen LogP contribution < -0.4 is 5.73 Å². The number of carbonyl (C=O) groups excluding carboxylic acids is 1. The third-order valence-electron chi connectivity index (χ3n) is 0. The van der Waals surface area contributed by atoms with E-state index in [1.54, 1.807) is 0 Å². The summed E-state index contributed by atoms with van der Waals surface area (Å²) in [5.41, 5.74) is 4.17. The average Bonchev–Trinajstić information content (AvgIpc) is 0.918. The van der Waals surface area contributed by atoms with Crippen molar-refractivity contribution in [2.24, 2.45) is 5.73 Å². The number of amides is 1. The molecule has 0 saturated heterocycles. The van der Waals surface area contributed by atoms with Gasteiger partial charge in [-0.1, -0.05) is 0 Å². The summed E-state index contributed by atoms with van der Waals surface area (Å²) < 4.78 is 0. The molecule has 0 atom stereocenters. The standard InChI is InChI=1S/CH3NO.K.H/c2-1-3;;/h1H,(H2,2,3);;/p+1. The Morgan fingerprint density at radius 1 is 2.00 bits per heavy atom. The first-order valence-electron chi connectivity index (χ1n) is 0.569. The molecule has 2 N–H and O–H groups in total. The van der Waals surface area contributed by atoms with Gasteiger partial charge in [0, 0.05) is 0 Å². The van der Waals surface area contributed by atoms with Crippen LogP contribution in [-0.2, 0) is 4.79 Å². The average molecular weight is 86.2 g/mol. The second-order valence-corrected chi connectivity index (χ2v) is 0.136. The van der Waals surface area contributed by atoms with E-state index < -0.39 is 0 Å². The van der Waals surface area contributed by atoms with Crippen LogP contribution in [0.4, 0.5) is 0 Å². The molecule has 0 fully saturated rings. The van der Waals surface area contributed by atoms with Gasteiger partial charge >= 0.3 is 52.8 Å². The van der Waals surface area contributed by atoms with Gasteiger partial charge in [0.15, 0.2) is 0 Å². The van der Waals surface area contributed by atoms with Crippen LogP contribution in [0.1, 0.15) is 1.43 Å². The van der Waals surface area contributed by atoms with Gasteiger partial charge in [-0.15, -0.1) is 0 Å². The molecule has 1 amide bonds. The van der Waals surface area contributed by atoms with Gasteiger partial charge in [0.05, 0.1) is 0 Å². The quantitative estimate of drug-likeness (QED) is 0.285. The van der Waals surface area contributed by atoms with Crippen LogP contribution in [0, 0.1) is 0 Å². The fourth-order valence-electron chi connectivity index (χ4n) is 0. The molecule has 0 rings (SSSR count). The molecule has 0 aromatic carbocycles. The molecule has 4 heavy (non-hydrogen) atoms. The Hall–Kier alpha value is 1.11. The van der Waals surface area contributed by atoms with Gasteiger partial charge in [-0.2, -0.15) is 0 Å². The molecule has 3 heteroatoms. The Labute approximate surface area is 68.6 Å². The molecule has 0 aliphatic carbocycles. The van der Waals surface area contributed by atoms with Crippen LogP contribution in [0.5, 0.6) is 0 Å². The van der Waals surface area contributed by atoms with E-state index in [0.717, 1.165) is 0 Å². The zero-order valence-corrected chi connectivity index (χ0v) is 1.56. The maximum atomic E-state index is 8.58. The molecular formula is CH5KNO+. The van der Waals surface area contributed by atoms with Crippen LogP contribution in [-0.4, -0.2) is 57.8 Å². The summed E-state index contributed by atoms with van der Waals surface area (Å²) in [5.74, 6) is 0. The Bertz CT molecular complexity index is 19.1. The minimum atomic E-state index is 0. The van der Waals surface area contributed by atoms with E-state index in [2.05, 4.69) is 5.73 Å². The fourth-order valence-corrected chi connectivity index (χ4v) is 0. The predicted octanol–water partition coefficient (Wildman–Crippen LogP) is -1.43. The third-order valence-corrected chi connectivity index (χ3v) is 0. The van der Waals surface area contributed by atoms with Crippen LogP contribution >= 0.6 is 0 Å². The second kappa shape index (κ2) is 8.93. The minimum absolute atomic E-state index is 0. The van der Waals surface area contributed by atoms with Crippen molar-refractivity contribution in [2.45, 2.75) is 0 Å². The molecule has 20 valence electrons. The molecule has 2 nitrogen and oxygen atoms in total.